The number of rotatable bonds is 4. The number of nitrogens with zero attached hydrogens (tertiary/aromatic N) is 2. The van der Waals surface area contributed by atoms with E-state index in [1.54, 1.807) is 18.1 Å². The first-order valence-electron chi connectivity index (χ1n) is 6.95. The van der Waals surface area contributed by atoms with Crippen molar-refractivity contribution in [2.45, 2.75) is 23.3 Å². The smallest absolute Gasteiger partial charge is 0.117 e. The maximum atomic E-state index is 5.63. The fourth-order valence-corrected chi connectivity index (χ4v) is 3.32. The number of nitrogens with two attached hydrogens (primary N) is 1. The minimum atomic E-state index is 0.684. The number of aromatic nitrogens is 2. The molecule has 2 N–H and O–H groups in total. The van der Waals surface area contributed by atoms with Crippen LogP contribution in [0.3, 0.4) is 0 Å². The third-order valence-corrected chi connectivity index (χ3v) is 4.46. The van der Waals surface area contributed by atoms with Crippen molar-refractivity contribution < 1.29 is 0 Å². The molecule has 3 aromatic rings. The molecule has 3 rings (SSSR count). The summed E-state index contributed by atoms with van der Waals surface area (Å²) in [4.78, 5) is 9.92. The van der Waals surface area contributed by atoms with Crippen molar-refractivity contribution >= 4 is 22.7 Å². The van der Waals surface area contributed by atoms with Crippen molar-refractivity contribution in [3.8, 4) is 0 Å². The molecule has 21 heavy (non-hydrogen) atoms. The molecular weight excluding hydrogens is 278 g/mol. The number of para-hydroxylation sites is 1. The van der Waals surface area contributed by atoms with Gasteiger partial charge in [-0.2, -0.15) is 0 Å². The van der Waals surface area contributed by atoms with E-state index in [4.69, 9.17) is 5.73 Å². The molecule has 0 radical (unpaired) electrons. The summed E-state index contributed by atoms with van der Waals surface area (Å²) in [5.74, 6) is 0. The predicted octanol–water partition coefficient (Wildman–Crippen LogP) is 3.59. The molecule has 0 aliphatic rings. The molecule has 106 valence electrons. The second kappa shape index (κ2) is 6.24. The van der Waals surface area contributed by atoms with Crippen LogP contribution in [0.1, 0.15) is 11.1 Å². The molecule has 4 heteroatoms. The van der Waals surface area contributed by atoms with Crippen LogP contribution < -0.4 is 5.73 Å². The number of aryl methyl sites for hydroxylation is 1. The van der Waals surface area contributed by atoms with E-state index in [1.165, 1.54) is 16.0 Å². The van der Waals surface area contributed by atoms with Gasteiger partial charge in [0.05, 0.1) is 5.52 Å². The molecule has 0 saturated heterocycles. The van der Waals surface area contributed by atoms with Gasteiger partial charge in [0.15, 0.2) is 0 Å². The number of fused-ring (bicyclic) bond motifs is 1. The van der Waals surface area contributed by atoms with E-state index < -0.39 is 0 Å². The quantitative estimate of drug-likeness (QED) is 0.747. The van der Waals surface area contributed by atoms with Crippen LogP contribution in [0.15, 0.2) is 58.7 Å². The summed E-state index contributed by atoms with van der Waals surface area (Å²) in [6.45, 7) is 2.82. The summed E-state index contributed by atoms with van der Waals surface area (Å²) in [5, 5.41) is 2.08. The molecule has 0 aliphatic carbocycles. The second-order valence-corrected chi connectivity index (χ2v) is 5.99. The van der Waals surface area contributed by atoms with Crippen molar-refractivity contribution in [2.24, 2.45) is 5.73 Å². The van der Waals surface area contributed by atoms with Gasteiger partial charge in [-0.15, -0.1) is 0 Å². The topological polar surface area (TPSA) is 51.8 Å². The fraction of sp³-hybridized carbons (Fsp3) is 0.176. The van der Waals surface area contributed by atoms with E-state index in [9.17, 15) is 0 Å². The first kappa shape index (κ1) is 14.0. The van der Waals surface area contributed by atoms with Crippen LogP contribution >= 0.6 is 11.8 Å². The van der Waals surface area contributed by atoms with Gasteiger partial charge in [-0.25, -0.2) is 9.97 Å². The summed E-state index contributed by atoms with van der Waals surface area (Å²) in [6, 6.07) is 14.6. The molecular formula is C17H17N3S. The van der Waals surface area contributed by atoms with Gasteiger partial charge >= 0.3 is 0 Å². The molecule has 0 fully saturated rings. The summed E-state index contributed by atoms with van der Waals surface area (Å²) in [7, 11) is 0. The molecule has 0 saturated carbocycles. The largest absolute Gasteiger partial charge is 0.330 e. The van der Waals surface area contributed by atoms with Crippen molar-refractivity contribution in [1.82, 2.24) is 9.97 Å². The highest BCUT2D eigenvalue weighted by Gasteiger charge is 2.06. The predicted molar refractivity (Wildman–Crippen MR) is 87.6 cm³/mol. The van der Waals surface area contributed by atoms with Crippen molar-refractivity contribution in [3.63, 3.8) is 0 Å². The van der Waals surface area contributed by atoms with Gasteiger partial charge in [0.2, 0.25) is 0 Å². The Morgan fingerprint density at radius 3 is 2.76 bits per heavy atom. The first-order valence-corrected chi connectivity index (χ1v) is 7.77. The van der Waals surface area contributed by atoms with Gasteiger partial charge in [0.1, 0.15) is 11.4 Å². The molecule has 3 nitrogen and oxygen atoms in total. The summed E-state index contributed by atoms with van der Waals surface area (Å²) in [5.41, 5.74) is 9.20. The zero-order valence-corrected chi connectivity index (χ0v) is 12.7. The zero-order chi connectivity index (χ0) is 14.7. The van der Waals surface area contributed by atoms with E-state index >= 15 is 0 Å². The zero-order valence-electron chi connectivity index (χ0n) is 11.9. The van der Waals surface area contributed by atoms with Crippen molar-refractivity contribution in [3.05, 3.63) is 59.9 Å². The third-order valence-electron chi connectivity index (χ3n) is 3.45. The van der Waals surface area contributed by atoms with Gasteiger partial charge in [-0.1, -0.05) is 36.0 Å². The Morgan fingerprint density at radius 2 is 1.95 bits per heavy atom. The number of hydrogen-bond donors (Lipinski definition) is 1. The molecule has 0 unspecified atom stereocenters. The summed E-state index contributed by atoms with van der Waals surface area (Å²) >= 11 is 1.68. The molecule has 1 heterocycles. The fourth-order valence-electron chi connectivity index (χ4n) is 2.34. The molecule has 0 atom stereocenters. The SMILES string of the molecule is Cc1cc(Sc2ncnc3ccccc23)ccc1CCN. The third kappa shape index (κ3) is 3.06. The van der Waals surface area contributed by atoms with E-state index in [0.717, 1.165) is 22.3 Å². The summed E-state index contributed by atoms with van der Waals surface area (Å²) < 4.78 is 0. The van der Waals surface area contributed by atoms with Gasteiger partial charge in [-0.05, 0) is 49.2 Å². The highest BCUT2D eigenvalue weighted by molar-refractivity contribution is 7.99. The molecule has 2 aromatic carbocycles. The highest BCUT2D eigenvalue weighted by atomic mass is 32.2. The Hall–Kier alpha value is -1.91. The van der Waals surface area contributed by atoms with Crippen LogP contribution in [0.2, 0.25) is 0 Å². The summed E-state index contributed by atoms with van der Waals surface area (Å²) in [6.07, 6.45) is 2.55. The van der Waals surface area contributed by atoms with E-state index in [-0.39, 0.29) is 0 Å². The number of hydrogen-bond acceptors (Lipinski definition) is 4. The lowest BCUT2D eigenvalue weighted by Gasteiger charge is -2.08. The Kier molecular flexibility index (Phi) is 4.18. The molecule has 0 aliphatic heterocycles. The Labute approximate surface area is 128 Å². The average Bonchev–Trinajstić information content (AvgIpc) is 2.51. The average molecular weight is 295 g/mol. The normalized spacial score (nSPS) is 11.0. The molecule has 0 spiro atoms. The Bertz CT molecular complexity index is 766. The Balaban J connectivity index is 1.93. The number of benzene rings is 2. The minimum absolute atomic E-state index is 0.684. The minimum Gasteiger partial charge on any atom is -0.330 e. The van der Waals surface area contributed by atoms with Gasteiger partial charge in [-0.3, -0.25) is 0 Å². The Morgan fingerprint density at radius 1 is 1.10 bits per heavy atom. The molecule has 0 bridgehead atoms. The van der Waals surface area contributed by atoms with E-state index in [1.807, 2.05) is 18.2 Å². The lowest BCUT2D eigenvalue weighted by atomic mass is 10.1. The van der Waals surface area contributed by atoms with Gasteiger partial charge in [0.25, 0.3) is 0 Å². The van der Waals surface area contributed by atoms with E-state index in [0.29, 0.717) is 6.54 Å². The van der Waals surface area contributed by atoms with Crippen LogP contribution in [0.4, 0.5) is 0 Å². The maximum absolute atomic E-state index is 5.63. The van der Waals surface area contributed by atoms with E-state index in [2.05, 4.69) is 41.2 Å². The van der Waals surface area contributed by atoms with Crippen LogP contribution in [-0.2, 0) is 6.42 Å². The second-order valence-electron chi connectivity index (χ2n) is 4.92. The molecule has 1 aromatic heterocycles. The lowest BCUT2D eigenvalue weighted by Crippen LogP contribution is -2.03. The lowest BCUT2D eigenvalue weighted by molar-refractivity contribution is 0.954. The maximum Gasteiger partial charge on any atom is 0.117 e. The van der Waals surface area contributed by atoms with Crippen molar-refractivity contribution in [1.29, 1.82) is 0 Å². The van der Waals surface area contributed by atoms with Gasteiger partial charge < -0.3 is 5.73 Å². The highest BCUT2D eigenvalue weighted by Crippen LogP contribution is 2.31. The van der Waals surface area contributed by atoms with Crippen LogP contribution in [-0.4, -0.2) is 16.5 Å². The monoisotopic (exact) mass is 295 g/mol. The van der Waals surface area contributed by atoms with Crippen LogP contribution in [0, 0.1) is 6.92 Å². The standard InChI is InChI=1S/C17H17N3S/c1-12-10-14(7-6-13(12)8-9-18)21-17-15-4-2-3-5-16(15)19-11-20-17/h2-7,10-11H,8-9,18H2,1H3. The van der Waals surface area contributed by atoms with Crippen molar-refractivity contribution in [2.75, 3.05) is 6.54 Å². The molecule has 0 amide bonds. The van der Waals surface area contributed by atoms with Crippen LogP contribution in [0.5, 0.6) is 0 Å². The first-order chi connectivity index (χ1) is 10.3. The van der Waals surface area contributed by atoms with Crippen LogP contribution in [0.25, 0.3) is 10.9 Å². The van der Waals surface area contributed by atoms with Gasteiger partial charge in [0, 0.05) is 10.3 Å².